The first kappa shape index (κ1) is 19.4. The van der Waals surface area contributed by atoms with Gasteiger partial charge >= 0.3 is 0 Å². The highest BCUT2D eigenvalue weighted by atomic mass is 32.2. The van der Waals surface area contributed by atoms with Crippen molar-refractivity contribution >= 4 is 29.0 Å². The van der Waals surface area contributed by atoms with Crippen molar-refractivity contribution in [2.24, 2.45) is 0 Å². The molecule has 2 aromatic carbocycles. The van der Waals surface area contributed by atoms with Gasteiger partial charge in [-0.15, -0.1) is 10.2 Å². The molecule has 28 heavy (non-hydrogen) atoms. The summed E-state index contributed by atoms with van der Waals surface area (Å²) in [5.41, 5.74) is 1.51. The van der Waals surface area contributed by atoms with Crippen LogP contribution in [0.4, 0.5) is 11.4 Å². The number of nitro benzene ring substituents is 1. The van der Waals surface area contributed by atoms with Crippen LogP contribution in [-0.2, 0) is 11.4 Å². The number of hydrogen-bond donors (Lipinski definition) is 1. The van der Waals surface area contributed by atoms with Crippen LogP contribution in [0, 0.1) is 17.0 Å². The number of non-ortho nitro benzene ring substituents is 1. The third-order valence-corrected chi connectivity index (χ3v) is 4.31. The number of amides is 1. The maximum atomic E-state index is 12.0. The van der Waals surface area contributed by atoms with Gasteiger partial charge in [-0.2, -0.15) is 0 Å². The van der Waals surface area contributed by atoms with Crippen molar-refractivity contribution in [1.82, 2.24) is 10.2 Å². The van der Waals surface area contributed by atoms with Gasteiger partial charge in [-0.05, 0) is 36.8 Å². The van der Waals surface area contributed by atoms with Crippen molar-refractivity contribution < 1.29 is 18.9 Å². The molecule has 0 unspecified atom stereocenters. The van der Waals surface area contributed by atoms with E-state index in [0.717, 1.165) is 17.3 Å². The van der Waals surface area contributed by atoms with Gasteiger partial charge in [0.05, 0.1) is 10.7 Å². The second kappa shape index (κ2) is 9.00. The largest absolute Gasteiger partial charge is 0.484 e. The van der Waals surface area contributed by atoms with Gasteiger partial charge < -0.3 is 14.5 Å². The number of ether oxygens (including phenoxy) is 1. The van der Waals surface area contributed by atoms with Gasteiger partial charge in [0.25, 0.3) is 16.8 Å². The molecule has 0 spiro atoms. The van der Waals surface area contributed by atoms with Crippen LogP contribution >= 0.6 is 11.8 Å². The Morgan fingerprint density at radius 2 is 2.04 bits per heavy atom. The number of hydrogen-bond acceptors (Lipinski definition) is 8. The number of nitrogens with one attached hydrogen (secondary N) is 1. The Hall–Kier alpha value is -3.40. The summed E-state index contributed by atoms with van der Waals surface area (Å²) in [4.78, 5) is 22.1. The highest BCUT2D eigenvalue weighted by Crippen LogP contribution is 2.20. The molecular formula is C18H16N4O5S. The van der Waals surface area contributed by atoms with Crippen LogP contribution in [0.15, 0.2) is 58.2 Å². The van der Waals surface area contributed by atoms with Crippen LogP contribution in [0.3, 0.4) is 0 Å². The van der Waals surface area contributed by atoms with E-state index >= 15 is 0 Å². The molecule has 0 aliphatic carbocycles. The van der Waals surface area contributed by atoms with Gasteiger partial charge in [0.1, 0.15) is 5.75 Å². The maximum absolute atomic E-state index is 12.0. The number of nitrogens with zero attached hydrogens (tertiary/aromatic N) is 3. The molecular weight excluding hydrogens is 384 g/mol. The molecule has 0 aliphatic rings. The van der Waals surface area contributed by atoms with E-state index in [1.165, 1.54) is 24.3 Å². The molecule has 3 aromatic rings. The Morgan fingerprint density at radius 3 is 2.75 bits per heavy atom. The summed E-state index contributed by atoms with van der Waals surface area (Å²) in [6.45, 7) is 2.10. The smallest absolute Gasteiger partial charge is 0.277 e. The van der Waals surface area contributed by atoms with Crippen LogP contribution in [-0.4, -0.2) is 26.8 Å². The average molecular weight is 400 g/mol. The number of nitro groups is 1. The Balaban J connectivity index is 1.45. The van der Waals surface area contributed by atoms with E-state index in [4.69, 9.17) is 9.15 Å². The minimum absolute atomic E-state index is 0.0429. The predicted octanol–water partition coefficient (Wildman–Crippen LogP) is 3.60. The van der Waals surface area contributed by atoms with Crippen LogP contribution in [0.2, 0.25) is 0 Å². The van der Waals surface area contributed by atoms with Crippen LogP contribution in [0.25, 0.3) is 0 Å². The topological polar surface area (TPSA) is 120 Å². The molecule has 1 heterocycles. The van der Waals surface area contributed by atoms with Crippen molar-refractivity contribution in [3.8, 4) is 5.75 Å². The SMILES string of the molecule is Cc1cccc(OCc2nnc(SCC(=O)Nc3ccc([N+](=O)[O-])cc3)o2)c1. The van der Waals surface area contributed by atoms with Gasteiger partial charge in [-0.1, -0.05) is 23.9 Å². The van der Waals surface area contributed by atoms with Crippen molar-refractivity contribution in [2.75, 3.05) is 11.1 Å². The Kier molecular flexibility index (Phi) is 6.22. The van der Waals surface area contributed by atoms with E-state index < -0.39 is 4.92 Å². The Labute approximate surface area is 164 Å². The fourth-order valence-corrected chi connectivity index (χ4v) is 2.78. The standard InChI is InChI=1S/C18H16N4O5S/c1-12-3-2-4-15(9-12)26-10-17-20-21-18(27-17)28-11-16(23)19-13-5-7-14(8-6-13)22(24)25/h2-9H,10-11H2,1H3,(H,19,23). The number of carbonyl (C=O) groups excluding carboxylic acids is 1. The first-order chi connectivity index (χ1) is 13.5. The molecule has 0 radical (unpaired) electrons. The van der Waals surface area contributed by atoms with Crippen molar-refractivity contribution in [3.63, 3.8) is 0 Å². The number of aryl methyl sites for hydroxylation is 1. The van der Waals surface area contributed by atoms with E-state index in [-0.39, 0.29) is 29.2 Å². The summed E-state index contributed by atoms with van der Waals surface area (Å²) >= 11 is 1.08. The molecule has 0 aliphatic heterocycles. The van der Waals surface area contributed by atoms with E-state index in [1.54, 1.807) is 0 Å². The quantitative estimate of drug-likeness (QED) is 0.346. The summed E-state index contributed by atoms with van der Waals surface area (Å²) in [6, 6.07) is 13.2. The lowest BCUT2D eigenvalue weighted by Crippen LogP contribution is -2.13. The lowest BCUT2D eigenvalue weighted by Gasteiger charge is -2.04. The first-order valence-corrected chi connectivity index (χ1v) is 9.17. The minimum Gasteiger partial charge on any atom is -0.484 e. The minimum atomic E-state index is -0.503. The summed E-state index contributed by atoms with van der Waals surface area (Å²) in [7, 11) is 0. The zero-order valence-corrected chi connectivity index (χ0v) is 15.6. The molecule has 9 nitrogen and oxygen atoms in total. The van der Waals surface area contributed by atoms with Gasteiger partial charge in [0.2, 0.25) is 5.91 Å². The van der Waals surface area contributed by atoms with Crippen molar-refractivity contribution in [1.29, 1.82) is 0 Å². The molecule has 144 valence electrons. The second-order valence-corrected chi connectivity index (χ2v) is 6.63. The lowest BCUT2D eigenvalue weighted by molar-refractivity contribution is -0.384. The number of benzene rings is 2. The molecule has 3 rings (SSSR count). The molecule has 1 N–H and O–H groups in total. The highest BCUT2D eigenvalue weighted by molar-refractivity contribution is 7.99. The van der Waals surface area contributed by atoms with Crippen LogP contribution < -0.4 is 10.1 Å². The summed E-state index contributed by atoms with van der Waals surface area (Å²) in [6.07, 6.45) is 0. The lowest BCUT2D eigenvalue weighted by atomic mass is 10.2. The number of thioether (sulfide) groups is 1. The number of aromatic nitrogens is 2. The summed E-state index contributed by atoms with van der Waals surface area (Å²) < 4.78 is 11.0. The Morgan fingerprint density at radius 1 is 1.25 bits per heavy atom. The highest BCUT2D eigenvalue weighted by Gasteiger charge is 2.11. The van der Waals surface area contributed by atoms with E-state index in [1.807, 2.05) is 31.2 Å². The van der Waals surface area contributed by atoms with Crippen molar-refractivity contribution in [2.45, 2.75) is 18.8 Å². The molecule has 0 bridgehead atoms. The van der Waals surface area contributed by atoms with E-state index in [2.05, 4.69) is 15.5 Å². The predicted molar refractivity (Wildman–Crippen MR) is 102 cm³/mol. The van der Waals surface area contributed by atoms with Crippen molar-refractivity contribution in [3.05, 3.63) is 70.1 Å². The average Bonchev–Trinajstić information content (AvgIpc) is 3.13. The van der Waals surface area contributed by atoms with Crippen LogP contribution in [0.1, 0.15) is 11.5 Å². The number of anilines is 1. The molecule has 0 saturated heterocycles. The maximum Gasteiger partial charge on any atom is 0.277 e. The summed E-state index contributed by atoms with van der Waals surface area (Å²) in [5.74, 6) is 0.765. The van der Waals surface area contributed by atoms with Crippen LogP contribution in [0.5, 0.6) is 5.75 Å². The zero-order chi connectivity index (χ0) is 19.9. The normalized spacial score (nSPS) is 10.5. The van der Waals surface area contributed by atoms with Gasteiger partial charge in [0.15, 0.2) is 6.61 Å². The monoisotopic (exact) mass is 400 g/mol. The molecule has 1 aromatic heterocycles. The second-order valence-electron chi connectivity index (χ2n) is 5.71. The third-order valence-electron chi connectivity index (χ3n) is 3.49. The fraction of sp³-hybridized carbons (Fsp3) is 0.167. The van der Waals surface area contributed by atoms with E-state index in [9.17, 15) is 14.9 Å². The van der Waals surface area contributed by atoms with Gasteiger partial charge in [0, 0.05) is 17.8 Å². The van der Waals surface area contributed by atoms with Gasteiger partial charge in [-0.3, -0.25) is 14.9 Å². The molecule has 0 atom stereocenters. The zero-order valence-electron chi connectivity index (χ0n) is 14.8. The number of carbonyl (C=O) groups is 1. The summed E-state index contributed by atoms with van der Waals surface area (Å²) in [5, 5.41) is 21.3. The molecule has 0 saturated carbocycles. The molecule has 0 fully saturated rings. The molecule has 1 amide bonds. The fourth-order valence-electron chi connectivity index (χ4n) is 2.20. The Bertz CT molecular complexity index is 974. The molecule has 10 heteroatoms. The third kappa shape index (κ3) is 5.55. The number of rotatable bonds is 8. The first-order valence-electron chi connectivity index (χ1n) is 8.18. The van der Waals surface area contributed by atoms with E-state index in [0.29, 0.717) is 17.3 Å². The van der Waals surface area contributed by atoms with Gasteiger partial charge in [-0.25, -0.2) is 0 Å².